The zero-order valence-corrected chi connectivity index (χ0v) is 15.8. The van der Waals surface area contributed by atoms with Crippen molar-refractivity contribution in [3.63, 3.8) is 0 Å². The molecule has 28 heavy (non-hydrogen) atoms. The molecular formula is C21H17FN2O3S. The lowest BCUT2D eigenvalue weighted by Crippen LogP contribution is -2.33. The van der Waals surface area contributed by atoms with E-state index in [1.807, 2.05) is 23.6 Å². The molecule has 142 valence electrons. The Balaban J connectivity index is 1.71. The number of thiophene rings is 1. The van der Waals surface area contributed by atoms with E-state index in [0.717, 1.165) is 10.4 Å². The summed E-state index contributed by atoms with van der Waals surface area (Å²) in [5.74, 6) is 0.0664. The Bertz CT molecular complexity index is 982. The molecule has 0 fully saturated rings. The van der Waals surface area contributed by atoms with Gasteiger partial charge in [0.15, 0.2) is 18.1 Å². The van der Waals surface area contributed by atoms with Crippen molar-refractivity contribution in [1.29, 1.82) is 5.26 Å². The molecule has 0 radical (unpaired) electrons. The molecule has 5 nitrogen and oxygen atoms in total. The summed E-state index contributed by atoms with van der Waals surface area (Å²) in [7, 11) is 1.46. The Morgan fingerprint density at radius 2 is 2.00 bits per heavy atom. The van der Waals surface area contributed by atoms with Gasteiger partial charge < -0.3 is 14.8 Å². The predicted molar refractivity (Wildman–Crippen MR) is 104 cm³/mol. The van der Waals surface area contributed by atoms with Crippen LogP contribution in [0.1, 0.15) is 22.0 Å². The van der Waals surface area contributed by atoms with E-state index in [1.54, 1.807) is 30.3 Å². The zero-order valence-electron chi connectivity index (χ0n) is 15.0. The van der Waals surface area contributed by atoms with Gasteiger partial charge in [-0.25, -0.2) is 4.39 Å². The zero-order chi connectivity index (χ0) is 19.9. The van der Waals surface area contributed by atoms with Crippen molar-refractivity contribution in [1.82, 2.24) is 5.32 Å². The van der Waals surface area contributed by atoms with Crippen LogP contribution in [0.4, 0.5) is 4.39 Å². The van der Waals surface area contributed by atoms with Gasteiger partial charge in [-0.1, -0.05) is 18.2 Å². The molecule has 1 aromatic heterocycles. The quantitative estimate of drug-likeness (QED) is 0.654. The molecule has 0 aliphatic rings. The number of rotatable bonds is 7. The summed E-state index contributed by atoms with van der Waals surface area (Å²) >= 11 is 1.50. The Morgan fingerprint density at radius 1 is 1.21 bits per heavy atom. The molecule has 0 aliphatic carbocycles. The molecular weight excluding hydrogens is 379 g/mol. The first-order chi connectivity index (χ1) is 13.6. The molecule has 3 rings (SSSR count). The minimum atomic E-state index is -0.403. The topological polar surface area (TPSA) is 71.3 Å². The molecule has 7 heteroatoms. The number of halogens is 1. The van der Waals surface area contributed by atoms with Gasteiger partial charge in [-0.3, -0.25) is 4.79 Å². The normalized spacial score (nSPS) is 11.3. The molecule has 0 aliphatic heterocycles. The summed E-state index contributed by atoms with van der Waals surface area (Å²) < 4.78 is 24.0. The molecule has 0 bridgehead atoms. The van der Waals surface area contributed by atoms with Crippen LogP contribution in [0.25, 0.3) is 0 Å². The highest BCUT2D eigenvalue weighted by Gasteiger charge is 2.19. The van der Waals surface area contributed by atoms with Crippen LogP contribution in [0.2, 0.25) is 0 Å². The maximum absolute atomic E-state index is 13.3. The number of nitrogens with zero attached hydrogens (tertiary/aromatic N) is 1. The van der Waals surface area contributed by atoms with Crippen molar-refractivity contribution in [3.8, 4) is 17.6 Å². The number of carbonyl (C=O) groups is 1. The number of methoxy groups -OCH3 is 1. The van der Waals surface area contributed by atoms with Crippen molar-refractivity contribution < 1.29 is 18.7 Å². The van der Waals surface area contributed by atoms with Crippen molar-refractivity contribution in [2.75, 3.05) is 13.7 Å². The molecule has 3 aromatic rings. The third-order valence-corrected chi connectivity index (χ3v) is 4.93. The van der Waals surface area contributed by atoms with Crippen molar-refractivity contribution >= 4 is 17.2 Å². The van der Waals surface area contributed by atoms with Crippen LogP contribution < -0.4 is 14.8 Å². The Hall–Kier alpha value is -3.37. The van der Waals surface area contributed by atoms with Crippen molar-refractivity contribution in [2.45, 2.75) is 6.04 Å². The molecule has 0 unspecified atom stereocenters. The number of nitriles is 1. The van der Waals surface area contributed by atoms with Crippen LogP contribution in [0.5, 0.6) is 11.5 Å². The summed E-state index contributed by atoms with van der Waals surface area (Å²) in [6, 6.07) is 16.1. The Kier molecular flexibility index (Phi) is 6.25. The van der Waals surface area contributed by atoms with Crippen molar-refractivity contribution in [2.24, 2.45) is 0 Å². The summed E-state index contributed by atoms with van der Waals surface area (Å²) in [5, 5.41) is 13.8. The summed E-state index contributed by atoms with van der Waals surface area (Å²) in [6.45, 7) is -0.231. The standard InChI is InChI=1S/C21H17FN2O3S/c1-26-18-11-14(12-23)4-9-17(18)27-13-20(25)24-21(19-3-2-10-28-19)15-5-7-16(22)8-6-15/h2-11,21H,13H2,1H3,(H,24,25)/t21-/m1/s1. The van der Waals surface area contributed by atoms with Crippen LogP contribution in [0.3, 0.4) is 0 Å². The van der Waals surface area contributed by atoms with E-state index in [-0.39, 0.29) is 18.3 Å². The Labute approximate surface area is 166 Å². The molecule has 0 saturated heterocycles. The molecule has 0 saturated carbocycles. The summed E-state index contributed by atoms with van der Waals surface area (Å²) in [4.78, 5) is 13.4. The molecule has 1 amide bonds. The monoisotopic (exact) mass is 396 g/mol. The SMILES string of the molecule is COc1cc(C#N)ccc1OCC(=O)N[C@H](c1ccc(F)cc1)c1cccs1. The number of carbonyl (C=O) groups excluding carboxylic acids is 1. The van der Waals surface area contributed by atoms with Gasteiger partial charge in [0, 0.05) is 10.9 Å². The van der Waals surface area contributed by atoms with Gasteiger partial charge in [0.05, 0.1) is 24.8 Å². The smallest absolute Gasteiger partial charge is 0.258 e. The third-order valence-electron chi connectivity index (χ3n) is 3.99. The second-order valence-electron chi connectivity index (χ2n) is 5.83. The maximum Gasteiger partial charge on any atom is 0.258 e. The van der Waals surface area contributed by atoms with Crippen LogP contribution in [0.15, 0.2) is 60.0 Å². The van der Waals surface area contributed by atoms with E-state index in [4.69, 9.17) is 14.7 Å². The Morgan fingerprint density at radius 3 is 2.64 bits per heavy atom. The lowest BCUT2D eigenvalue weighted by molar-refractivity contribution is -0.123. The molecule has 1 atom stereocenters. The van der Waals surface area contributed by atoms with Gasteiger partial charge in [0.2, 0.25) is 0 Å². The molecule has 2 aromatic carbocycles. The second-order valence-corrected chi connectivity index (χ2v) is 6.81. The first-order valence-corrected chi connectivity index (χ1v) is 9.28. The maximum atomic E-state index is 13.3. The van der Waals surface area contributed by atoms with E-state index in [0.29, 0.717) is 17.1 Å². The average molecular weight is 396 g/mol. The second kappa shape index (κ2) is 9.02. The lowest BCUT2D eigenvalue weighted by Gasteiger charge is -2.18. The first kappa shape index (κ1) is 19.4. The number of hydrogen-bond acceptors (Lipinski definition) is 5. The van der Waals surface area contributed by atoms with E-state index in [9.17, 15) is 9.18 Å². The van der Waals surface area contributed by atoms with Crippen LogP contribution in [0, 0.1) is 17.1 Å². The van der Waals surface area contributed by atoms with E-state index < -0.39 is 6.04 Å². The van der Waals surface area contributed by atoms with Gasteiger partial charge in [-0.15, -0.1) is 11.3 Å². The lowest BCUT2D eigenvalue weighted by atomic mass is 10.1. The first-order valence-electron chi connectivity index (χ1n) is 8.40. The van der Waals surface area contributed by atoms with E-state index in [1.165, 1.54) is 30.6 Å². The largest absolute Gasteiger partial charge is 0.493 e. The van der Waals surface area contributed by atoms with E-state index in [2.05, 4.69) is 5.32 Å². The molecule has 0 spiro atoms. The number of amides is 1. The third kappa shape index (κ3) is 4.67. The van der Waals surface area contributed by atoms with Gasteiger partial charge in [0.25, 0.3) is 5.91 Å². The highest BCUT2D eigenvalue weighted by molar-refractivity contribution is 7.10. The number of benzene rings is 2. The van der Waals surface area contributed by atoms with E-state index >= 15 is 0 Å². The number of hydrogen-bond donors (Lipinski definition) is 1. The highest BCUT2D eigenvalue weighted by atomic mass is 32.1. The highest BCUT2D eigenvalue weighted by Crippen LogP contribution is 2.28. The van der Waals surface area contributed by atoms with Gasteiger partial charge in [-0.2, -0.15) is 5.26 Å². The van der Waals surface area contributed by atoms with Gasteiger partial charge in [-0.05, 0) is 41.3 Å². The molecule has 1 heterocycles. The minimum absolute atomic E-state index is 0.231. The fraction of sp³-hybridized carbons (Fsp3) is 0.143. The average Bonchev–Trinajstić information content (AvgIpc) is 3.25. The summed E-state index contributed by atoms with van der Waals surface area (Å²) in [6.07, 6.45) is 0. The van der Waals surface area contributed by atoms with Crippen molar-refractivity contribution in [3.05, 3.63) is 81.8 Å². The molecule has 1 N–H and O–H groups in total. The number of nitrogens with one attached hydrogen (secondary N) is 1. The summed E-state index contributed by atoms with van der Waals surface area (Å²) in [5.41, 5.74) is 1.20. The fourth-order valence-corrected chi connectivity index (χ4v) is 3.43. The predicted octanol–water partition coefficient (Wildman–Crippen LogP) is 4.05. The minimum Gasteiger partial charge on any atom is -0.493 e. The van der Waals surface area contributed by atoms with Gasteiger partial charge >= 0.3 is 0 Å². The number of ether oxygens (including phenoxy) is 2. The van der Waals surface area contributed by atoms with Gasteiger partial charge in [0.1, 0.15) is 5.82 Å². The fourth-order valence-electron chi connectivity index (χ4n) is 2.63. The van der Waals surface area contributed by atoms with Crippen LogP contribution in [-0.4, -0.2) is 19.6 Å². The van der Waals surface area contributed by atoms with Crippen LogP contribution >= 0.6 is 11.3 Å². The van der Waals surface area contributed by atoms with Crippen LogP contribution in [-0.2, 0) is 4.79 Å².